The zero-order valence-electron chi connectivity index (χ0n) is 12.2. The average Bonchev–Trinajstić information content (AvgIpc) is 2.30. The minimum Gasteiger partial charge on any atom is -0.369 e. The fraction of sp³-hybridized carbons (Fsp3) is 0.600. The molecule has 106 valence electrons. The lowest BCUT2D eigenvalue weighted by atomic mass is 10.0. The highest BCUT2D eigenvalue weighted by Gasteiger charge is 2.28. The highest BCUT2D eigenvalue weighted by atomic mass is 32.2. The summed E-state index contributed by atoms with van der Waals surface area (Å²) in [6.07, 6.45) is 0. The van der Waals surface area contributed by atoms with Gasteiger partial charge in [0, 0.05) is 35.3 Å². The second kappa shape index (κ2) is 5.33. The molecule has 1 aromatic carbocycles. The van der Waals surface area contributed by atoms with Gasteiger partial charge in [-0.05, 0) is 51.0 Å². The highest BCUT2D eigenvalue weighted by molar-refractivity contribution is 8.00. The van der Waals surface area contributed by atoms with Gasteiger partial charge in [0.15, 0.2) is 0 Å². The summed E-state index contributed by atoms with van der Waals surface area (Å²) in [5, 5.41) is 0. The number of nitrogens with zero attached hydrogens (tertiary/aromatic N) is 1. The first-order valence-corrected chi connectivity index (χ1v) is 7.73. The van der Waals surface area contributed by atoms with E-state index < -0.39 is 0 Å². The molecule has 19 heavy (non-hydrogen) atoms. The van der Waals surface area contributed by atoms with Crippen molar-refractivity contribution in [3.8, 4) is 0 Å². The summed E-state index contributed by atoms with van der Waals surface area (Å²) in [5.74, 6) is 0.934. The first kappa shape index (κ1) is 14.7. The largest absolute Gasteiger partial charge is 0.369 e. The van der Waals surface area contributed by atoms with Crippen LogP contribution in [-0.4, -0.2) is 23.6 Å². The predicted molar refractivity (Wildman–Crippen MR) is 82.5 cm³/mol. The number of benzene rings is 1. The zero-order valence-corrected chi connectivity index (χ0v) is 13.0. The Kier molecular flexibility index (Phi) is 4.11. The lowest BCUT2D eigenvalue weighted by molar-refractivity contribution is 0.608. The molecule has 1 aliphatic rings. The normalized spacial score (nSPS) is 20.4. The van der Waals surface area contributed by atoms with Crippen molar-refractivity contribution < 1.29 is 4.39 Å². The smallest absolute Gasteiger partial charge is 0.126 e. The van der Waals surface area contributed by atoms with Crippen LogP contribution >= 0.6 is 11.8 Å². The maximum absolute atomic E-state index is 13.8. The molecule has 1 aromatic rings. The fourth-order valence-electron chi connectivity index (χ4n) is 2.54. The molecule has 0 spiro atoms. The summed E-state index contributed by atoms with van der Waals surface area (Å²) in [5.41, 5.74) is 8.71. The quantitative estimate of drug-likeness (QED) is 0.900. The zero-order chi connectivity index (χ0) is 14.2. The Balaban J connectivity index is 2.40. The van der Waals surface area contributed by atoms with Crippen LogP contribution in [-0.2, 0) is 0 Å². The number of nitrogens with two attached hydrogens (primary N) is 1. The standard InChI is InChI=1S/C15H23FN2S/c1-10-7-14(12(11(2)17)8-13(10)16)18-5-6-19-15(3,4)9-18/h7-8,11H,5-6,9,17H2,1-4H3/t11-/m0/s1. The topological polar surface area (TPSA) is 29.3 Å². The number of aryl methyl sites for hydroxylation is 1. The molecule has 1 aliphatic heterocycles. The number of hydrogen-bond donors (Lipinski definition) is 1. The maximum Gasteiger partial charge on any atom is 0.126 e. The molecule has 2 N–H and O–H groups in total. The Morgan fingerprint density at radius 2 is 2.11 bits per heavy atom. The van der Waals surface area contributed by atoms with Crippen LogP contribution in [0.1, 0.15) is 37.9 Å². The van der Waals surface area contributed by atoms with Gasteiger partial charge in [-0.15, -0.1) is 0 Å². The van der Waals surface area contributed by atoms with Gasteiger partial charge in [-0.2, -0.15) is 11.8 Å². The maximum atomic E-state index is 13.8. The van der Waals surface area contributed by atoms with Gasteiger partial charge in [0.2, 0.25) is 0 Å². The van der Waals surface area contributed by atoms with Gasteiger partial charge in [-0.3, -0.25) is 0 Å². The van der Waals surface area contributed by atoms with E-state index in [1.54, 1.807) is 6.07 Å². The van der Waals surface area contributed by atoms with Crippen molar-refractivity contribution in [1.29, 1.82) is 0 Å². The molecule has 0 unspecified atom stereocenters. The molecule has 2 nitrogen and oxygen atoms in total. The first-order valence-electron chi connectivity index (χ1n) is 6.75. The molecule has 1 atom stereocenters. The van der Waals surface area contributed by atoms with Crippen molar-refractivity contribution >= 4 is 17.4 Å². The molecule has 4 heteroatoms. The summed E-state index contributed by atoms with van der Waals surface area (Å²) in [4.78, 5) is 2.35. The molecule has 0 saturated carbocycles. The van der Waals surface area contributed by atoms with E-state index in [4.69, 9.17) is 5.73 Å². The van der Waals surface area contributed by atoms with Crippen LogP contribution in [0, 0.1) is 12.7 Å². The number of thioether (sulfide) groups is 1. The van der Waals surface area contributed by atoms with Gasteiger partial charge in [-0.25, -0.2) is 4.39 Å². The summed E-state index contributed by atoms with van der Waals surface area (Å²) in [6, 6.07) is 3.40. The SMILES string of the molecule is Cc1cc(N2CCSC(C)(C)C2)c([C@H](C)N)cc1F. The number of hydrogen-bond acceptors (Lipinski definition) is 3. The van der Waals surface area contributed by atoms with Crippen molar-refractivity contribution in [3.05, 3.63) is 29.1 Å². The molecule has 1 saturated heterocycles. The number of rotatable bonds is 2. The fourth-order valence-corrected chi connectivity index (χ4v) is 3.65. The van der Waals surface area contributed by atoms with Crippen LogP contribution in [0.2, 0.25) is 0 Å². The minimum absolute atomic E-state index is 0.150. The Morgan fingerprint density at radius 3 is 2.68 bits per heavy atom. The van der Waals surface area contributed by atoms with Crippen molar-refractivity contribution in [2.75, 3.05) is 23.7 Å². The highest BCUT2D eigenvalue weighted by Crippen LogP contribution is 2.35. The molecule has 0 aromatic heterocycles. The third-order valence-electron chi connectivity index (χ3n) is 3.56. The second-order valence-corrected chi connectivity index (χ2v) is 7.78. The molecule has 2 rings (SSSR count). The van der Waals surface area contributed by atoms with Crippen molar-refractivity contribution in [2.45, 2.75) is 38.5 Å². The molecule has 0 bridgehead atoms. The van der Waals surface area contributed by atoms with Crippen LogP contribution in [0.15, 0.2) is 12.1 Å². The van der Waals surface area contributed by atoms with Gasteiger partial charge >= 0.3 is 0 Å². The van der Waals surface area contributed by atoms with Gasteiger partial charge in [-0.1, -0.05) is 0 Å². The third-order valence-corrected chi connectivity index (χ3v) is 4.86. The van der Waals surface area contributed by atoms with E-state index in [2.05, 4.69) is 18.7 Å². The number of anilines is 1. The van der Waals surface area contributed by atoms with E-state index in [-0.39, 0.29) is 16.6 Å². The van der Waals surface area contributed by atoms with Crippen LogP contribution in [0.3, 0.4) is 0 Å². The van der Waals surface area contributed by atoms with Crippen molar-refractivity contribution in [3.63, 3.8) is 0 Å². The first-order chi connectivity index (χ1) is 8.80. The summed E-state index contributed by atoms with van der Waals surface area (Å²) in [6.45, 7) is 10.2. The lowest BCUT2D eigenvalue weighted by Crippen LogP contribution is -2.43. The summed E-state index contributed by atoms with van der Waals surface area (Å²) < 4.78 is 14.0. The van der Waals surface area contributed by atoms with E-state index in [0.29, 0.717) is 5.56 Å². The second-order valence-electron chi connectivity index (χ2n) is 5.98. The molecule has 1 heterocycles. The summed E-state index contributed by atoms with van der Waals surface area (Å²) >= 11 is 1.99. The van der Waals surface area contributed by atoms with Crippen LogP contribution in [0.4, 0.5) is 10.1 Å². The number of halogens is 1. The van der Waals surface area contributed by atoms with E-state index >= 15 is 0 Å². The molecular weight excluding hydrogens is 259 g/mol. The van der Waals surface area contributed by atoms with Crippen molar-refractivity contribution in [2.24, 2.45) is 5.73 Å². The van der Waals surface area contributed by atoms with Gasteiger partial charge < -0.3 is 10.6 Å². The van der Waals surface area contributed by atoms with E-state index in [1.165, 1.54) is 0 Å². The lowest BCUT2D eigenvalue weighted by Gasteiger charge is -2.40. The minimum atomic E-state index is -0.165. The molecule has 0 radical (unpaired) electrons. The van der Waals surface area contributed by atoms with Crippen LogP contribution in [0.5, 0.6) is 0 Å². The Morgan fingerprint density at radius 1 is 1.42 bits per heavy atom. The third kappa shape index (κ3) is 3.23. The van der Waals surface area contributed by atoms with E-state index in [1.807, 2.05) is 31.7 Å². The van der Waals surface area contributed by atoms with Gasteiger partial charge in [0.25, 0.3) is 0 Å². The van der Waals surface area contributed by atoms with Gasteiger partial charge in [0.1, 0.15) is 5.82 Å². The molecule has 0 amide bonds. The van der Waals surface area contributed by atoms with E-state index in [9.17, 15) is 4.39 Å². The Hall–Kier alpha value is -0.740. The molecule has 1 fully saturated rings. The average molecular weight is 282 g/mol. The summed E-state index contributed by atoms with van der Waals surface area (Å²) in [7, 11) is 0. The van der Waals surface area contributed by atoms with Crippen molar-refractivity contribution in [1.82, 2.24) is 0 Å². The Labute approximate surface area is 119 Å². The van der Waals surface area contributed by atoms with E-state index in [0.717, 1.165) is 30.1 Å². The Bertz CT molecular complexity index is 471. The van der Waals surface area contributed by atoms with Crippen LogP contribution < -0.4 is 10.6 Å². The monoisotopic (exact) mass is 282 g/mol. The van der Waals surface area contributed by atoms with Crippen LogP contribution in [0.25, 0.3) is 0 Å². The molecular formula is C15H23FN2S. The van der Waals surface area contributed by atoms with Gasteiger partial charge in [0.05, 0.1) is 0 Å². The molecule has 0 aliphatic carbocycles. The predicted octanol–water partition coefficient (Wildman–Crippen LogP) is 3.49.